The first-order valence-corrected chi connectivity index (χ1v) is 7.53. The number of aromatic nitrogens is 5. The lowest BCUT2D eigenvalue weighted by Crippen LogP contribution is -2.99. The summed E-state index contributed by atoms with van der Waals surface area (Å²) in [6.07, 6.45) is 3.29. The van der Waals surface area contributed by atoms with Crippen molar-refractivity contribution in [2.45, 2.75) is 32.9 Å². The molecule has 0 aromatic carbocycles. The summed E-state index contributed by atoms with van der Waals surface area (Å²) in [7, 11) is 0. The van der Waals surface area contributed by atoms with E-state index < -0.39 is 10.5 Å². The van der Waals surface area contributed by atoms with E-state index in [1.807, 2.05) is 0 Å². The van der Waals surface area contributed by atoms with Crippen LogP contribution in [-0.4, -0.2) is 47.2 Å². The van der Waals surface area contributed by atoms with Crippen LogP contribution in [-0.2, 0) is 17.9 Å². The summed E-state index contributed by atoms with van der Waals surface area (Å²) in [4.78, 5) is 19.3. The molecule has 0 saturated heterocycles. The minimum Gasteiger partial charge on any atom is -0.594 e. The molecule has 0 radical (unpaired) electrons. The largest absolute Gasteiger partial charge is 0.594 e. The number of nitrogens with zero attached hydrogens (tertiary/aromatic N) is 5. The van der Waals surface area contributed by atoms with E-state index >= 15 is 0 Å². The molecule has 0 aliphatic heterocycles. The van der Waals surface area contributed by atoms with E-state index in [2.05, 4.69) is 20.4 Å². The summed E-state index contributed by atoms with van der Waals surface area (Å²) >= 11 is 0. The molecule has 2 aromatic rings. The molecule has 0 bridgehead atoms. The van der Waals surface area contributed by atoms with E-state index in [0.717, 1.165) is 0 Å². The van der Waals surface area contributed by atoms with Gasteiger partial charge in [0.2, 0.25) is 5.91 Å². The lowest BCUT2D eigenvalue weighted by molar-refractivity contribution is -0.995. The van der Waals surface area contributed by atoms with Crippen molar-refractivity contribution in [1.29, 1.82) is 0 Å². The van der Waals surface area contributed by atoms with Crippen molar-refractivity contribution < 1.29 is 25.7 Å². The summed E-state index contributed by atoms with van der Waals surface area (Å²) in [5.74, 6) is 0.168. The average Bonchev–Trinajstić information content (AvgIpc) is 3.15. The van der Waals surface area contributed by atoms with Gasteiger partial charge in [-0.1, -0.05) is 5.10 Å². The quantitative estimate of drug-likeness (QED) is 0.299. The summed E-state index contributed by atoms with van der Waals surface area (Å²) in [6, 6.07) is 0. The molecular weight excluding hydrogens is 336 g/mol. The fraction of sp³-hybridized carbons (Fsp3) is 0.500. The van der Waals surface area contributed by atoms with Gasteiger partial charge >= 0.3 is 5.95 Å². The van der Waals surface area contributed by atoms with Gasteiger partial charge in [0.25, 0.3) is 5.82 Å². The molecule has 13 nitrogen and oxygen atoms in total. The van der Waals surface area contributed by atoms with Gasteiger partial charge in [-0.05, 0) is 13.3 Å². The minimum atomic E-state index is -1.20. The number of amides is 1. The molecule has 0 aliphatic carbocycles. The van der Waals surface area contributed by atoms with Gasteiger partial charge in [-0.25, -0.2) is 20.1 Å². The molecule has 5 N–H and O–H groups in total. The minimum absolute atomic E-state index is 0.0761. The molecule has 2 rings (SSSR count). The second kappa shape index (κ2) is 8.61. The predicted octanol–water partition coefficient (Wildman–Crippen LogP) is -2.81. The number of rotatable bonds is 9. The van der Waals surface area contributed by atoms with Crippen LogP contribution in [0, 0.1) is 17.3 Å². The number of imidazole rings is 1. The first-order chi connectivity index (χ1) is 11.9. The van der Waals surface area contributed by atoms with Crippen LogP contribution in [0.5, 0.6) is 0 Å². The Morgan fingerprint density at radius 3 is 2.68 bits per heavy atom. The number of nitrogens with one attached hydrogen (secondary N) is 3. The fourth-order valence-electron chi connectivity index (χ4n) is 2.22. The Balaban J connectivity index is 1.70. The van der Waals surface area contributed by atoms with Gasteiger partial charge in [-0.15, -0.1) is 0 Å². The van der Waals surface area contributed by atoms with Crippen molar-refractivity contribution in [3.63, 3.8) is 0 Å². The molecule has 1 amide bonds. The van der Waals surface area contributed by atoms with Crippen LogP contribution in [0.15, 0.2) is 12.5 Å². The van der Waals surface area contributed by atoms with Crippen LogP contribution >= 0.6 is 0 Å². The van der Waals surface area contributed by atoms with Gasteiger partial charge in [-0.2, -0.15) is 15.4 Å². The third kappa shape index (κ3) is 5.28. The van der Waals surface area contributed by atoms with Gasteiger partial charge in [0.05, 0.1) is 0 Å². The monoisotopic (exact) mass is 356 g/mol. The molecule has 25 heavy (non-hydrogen) atoms. The highest BCUT2D eigenvalue weighted by atomic mass is 16.8. The number of carbonyl (C=O) groups excluding carboxylic acids is 1. The Kier molecular flexibility index (Phi) is 6.51. The molecule has 0 aliphatic rings. The summed E-state index contributed by atoms with van der Waals surface area (Å²) < 4.78 is 2.89. The maximum atomic E-state index is 11.8. The zero-order valence-electron chi connectivity index (χ0n) is 13.5. The van der Waals surface area contributed by atoms with E-state index in [0.29, 0.717) is 25.3 Å². The highest BCUT2D eigenvalue weighted by Crippen LogP contribution is 2.05. The third-order valence-electron chi connectivity index (χ3n) is 3.45. The molecule has 138 valence electrons. The van der Waals surface area contributed by atoms with Crippen molar-refractivity contribution in [2.24, 2.45) is 0 Å². The third-order valence-corrected chi connectivity index (χ3v) is 3.45. The SMILES string of the molecule is Cc1ncc([NH+]([O-])O)n1CCNC(=O)CCCn1cnc([NH+]([O-])O)n1. The van der Waals surface area contributed by atoms with Crippen LogP contribution in [0.1, 0.15) is 18.7 Å². The number of aryl methyl sites for hydroxylation is 2. The zero-order valence-corrected chi connectivity index (χ0v) is 13.5. The second-order valence-corrected chi connectivity index (χ2v) is 5.24. The molecule has 0 saturated carbocycles. The van der Waals surface area contributed by atoms with Crippen molar-refractivity contribution in [1.82, 2.24) is 29.6 Å². The van der Waals surface area contributed by atoms with Gasteiger partial charge in [-0.3, -0.25) is 9.36 Å². The summed E-state index contributed by atoms with van der Waals surface area (Å²) in [5.41, 5.74) is 0. The Morgan fingerprint density at radius 2 is 2.04 bits per heavy atom. The van der Waals surface area contributed by atoms with Crippen LogP contribution in [0.2, 0.25) is 0 Å². The Hall–Kier alpha value is -2.42. The number of quaternary nitrogens is 2. The Labute approximate surface area is 142 Å². The molecule has 2 unspecified atom stereocenters. The van der Waals surface area contributed by atoms with Gasteiger partial charge < -0.3 is 15.7 Å². The van der Waals surface area contributed by atoms with Crippen molar-refractivity contribution >= 4 is 17.7 Å². The van der Waals surface area contributed by atoms with E-state index in [1.165, 1.54) is 21.8 Å². The van der Waals surface area contributed by atoms with E-state index in [4.69, 9.17) is 10.4 Å². The molecule has 0 spiro atoms. The van der Waals surface area contributed by atoms with Gasteiger partial charge in [0.1, 0.15) is 18.3 Å². The Morgan fingerprint density at radius 1 is 1.28 bits per heavy atom. The lowest BCUT2D eigenvalue weighted by atomic mass is 10.3. The molecular formula is C12H20N8O5. The molecule has 2 atom stereocenters. The summed E-state index contributed by atoms with van der Waals surface area (Å²) in [5, 5.41) is 43.7. The van der Waals surface area contributed by atoms with E-state index in [-0.39, 0.29) is 30.6 Å². The molecule has 2 heterocycles. The first kappa shape index (κ1) is 18.9. The summed E-state index contributed by atoms with van der Waals surface area (Å²) in [6.45, 7) is 2.66. The number of hydrogen-bond acceptors (Lipinski definition) is 8. The fourth-order valence-corrected chi connectivity index (χ4v) is 2.22. The molecule has 2 aromatic heterocycles. The van der Waals surface area contributed by atoms with Crippen LogP contribution in [0.3, 0.4) is 0 Å². The number of hydrogen-bond donors (Lipinski definition) is 5. The molecule has 13 heteroatoms. The van der Waals surface area contributed by atoms with E-state index in [9.17, 15) is 15.2 Å². The lowest BCUT2D eigenvalue weighted by Gasteiger charge is -2.14. The highest BCUT2D eigenvalue weighted by molar-refractivity contribution is 5.75. The number of carbonyl (C=O) groups is 1. The first-order valence-electron chi connectivity index (χ1n) is 7.53. The van der Waals surface area contributed by atoms with Crippen LogP contribution < -0.4 is 15.8 Å². The second-order valence-electron chi connectivity index (χ2n) is 5.24. The van der Waals surface area contributed by atoms with Crippen molar-refractivity contribution in [3.8, 4) is 0 Å². The van der Waals surface area contributed by atoms with Gasteiger partial charge in [0.15, 0.2) is 0 Å². The van der Waals surface area contributed by atoms with Crippen LogP contribution in [0.25, 0.3) is 0 Å². The standard InChI is InChI=1S/C12H20N8O5/c1-9-14-7-11(19(22)23)18(9)6-4-13-10(21)3-2-5-17-8-15-12(16-17)20(24)25/h7-8,19-20,22,24H,2-6H2,1H3,(H,13,21). The maximum absolute atomic E-state index is 11.8. The Bertz CT molecular complexity index is 697. The van der Waals surface area contributed by atoms with Crippen molar-refractivity contribution in [3.05, 3.63) is 28.8 Å². The smallest absolute Gasteiger partial charge is 0.379 e. The van der Waals surface area contributed by atoms with Crippen LogP contribution in [0.4, 0.5) is 11.8 Å². The normalized spacial score (nSPS) is 13.6. The highest BCUT2D eigenvalue weighted by Gasteiger charge is 2.12. The topological polar surface area (TPSA) is 173 Å². The zero-order chi connectivity index (χ0) is 18.4. The van der Waals surface area contributed by atoms with Gasteiger partial charge in [0, 0.05) is 26.1 Å². The van der Waals surface area contributed by atoms with E-state index in [1.54, 1.807) is 6.92 Å². The average molecular weight is 356 g/mol. The predicted molar refractivity (Wildman–Crippen MR) is 80.8 cm³/mol. The maximum Gasteiger partial charge on any atom is 0.379 e. The molecule has 0 fully saturated rings. The van der Waals surface area contributed by atoms with Crippen molar-refractivity contribution in [2.75, 3.05) is 6.54 Å².